The predicted molar refractivity (Wildman–Crippen MR) is 92.1 cm³/mol. The van der Waals surface area contributed by atoms with Crippen LogP contribution in [-0.4, -0.2) is 20.4 Å². The highest BCUT2D eigenvalue weighted by Gasteiger charge is 2.11. The first kappa shape index (κ1) is 15.0. The number of carbonyl (C=O) groups excluding carboxylic acids is 1. The summed E-state index contributed by atoms with van der Waals surface area (Å²) in [5, 5.41) is 3.85. The predicted octanol–water partition coefficient (Wildman–Crippen LogP) is 3.46. The third kappa shape index (κ3) is 2.73. The molecular weight excluding hydrogens is 288 g/mol. The van der Waals surface area contributed by atoms with E-state index in [1.165, 1.54) is 0 Å². The third-order valence-corrected chi connectivity index (χ3v) is 3.85. The Morgan fingerprint density at radius 3 is 2.52 bits per heavy atom. The smallest absolute Gasteiger partial charge is 0.250 e. The van der Waals surface area contributed by atoms with Crippen LogP contribution >= 0.6 is 0 Å². The van der Waals surface area contributed by atoms with Gasteiger partial charge in [-0.1, -0.05) is 18.7 Å². The maximum atomic E-state index is 11.6. The van der Waals surface area contributed by atoms with Crippen molar-refractivity contribution in [3.63, 3.8) is 0 Å². The van der Waals surface area contributed by atoms with Gasteiger partial charge in [-0.05, 0) is 37.6 Å². The Morgan fingerprint density at radius 1 is 1.22 bits per heavy atom. The maximum absolute atomic E-state index is 11.6. The van der Waals surface area contributed by atoms with Gasteiger partial charge in [0.15, 0.2) is 0 Å². The van der Waals surface area contributed by atoms with Crippen molar-refractivity contribution in [2.45, 2.75) is 13.8 Å². The monoisotopic (exact) mass is 306 g/mol. The van der Waals surface area contributed by atoms with E-state index in [2.05, 4.69) is 27.9 Å². The summed E-state index contributed by atoms with van der Waals surface area (Å²) in [6, 6.07) is 9.81. The maximum Gasteiger partial charge on any atom is 0.250 e. The van der Waals surface area contributed by atoms with Crippen molar-refractivity contribution in [3.05, 3.63) is 54.5 Å². The molecule has 2 aromatic heterocycles. The Kier molecular flexibility index (Phi) is 3.70. The van der Waals surface area contributed by atoms with E-state index in [9.17, 15) is 4.79 Å². The van der Waals surface area contributed by atoms with Crippen LogP contribution in [0.4, 0.5) is 5.69 Å². The molecule has 0 spiro atoms. The fourth-order valence-electron chi connectivity index (χ4n) is 2.49. The summed E-state index contributed by atoms with van der Waals surface area (Å²) < 4.78 is 2.05. The largest absolute Gasteiger partial charge is 0.328 e. The average molecular weight is 306 g/mol. The zero-order valence-electron chi connectivity index (χ0n) is 13.4. The lowest BCUT2D eigenvalue weighted by atomic mass is 10.1. The molecule has 0 aliphatic carbocycles. The van der Waals surface area contributed by atoms with E-state index in [1.54, 1.807) is 13.3 Å². The van der Waals surface area contributed by atoms with E-state index in [1.807, 2.05) is 42.8 Å². The summed E-state index contributed by atoms with van der Waals surface area (Å²) >= 11 is 0. The van der Waals surface area contributed by atoms with Gasteiger partial charge in [0.1, 0.15) is 12.0 Å². The number of amides is 1. The van der Waals surface area contributed by atoms with E-state index in [0.717, 1.165) is 33.7 Å². The molecule has 1 N–H and O–H groups in total. The minimum absolute atomic E-state index is 0.173. The lowest BCUT2D eigenvalue weighted by Crippen LogP contribution is -2.11. The fourth-order valence-corrected chi connectivity index (χ4v) is 2.49. The van der Waals surface area contributed by atoms with Gasteiger partial charge < -0.3 is 9.88 Å². The first-order valence-electron chi connectivity index (χ1n) is 7.31. The molecule has 0 aliphatic rings. The average Bonchev–Trinajstić information content (AvgIpc) is 2.87. The van der Waals surface area contributed by atoms with Gasteiger partial charge in [-0.2, -0.15) is 0 Å². The third-order valence-electron chi connectivity index (χ3n) is 3.85. The van der Waals surface area contributed by atoms with Crippen molar-refractivity contribution < 1.29 is 4.79 Å². The Bertz CT molecular complexity index is 907. The molecule has 2 heterocycles. The van der Waals surface area contributed by atoms with E-state index >= 15 is 0 Å². The molecule has 0 radical (unpaired) electrons. The summed E-state index contributed by atoms with van der Waals surface area (Å²) in [6.45, 7) is 7.29. The van der Waals surface area contributed by atoms with Gasteiger partial charge in [0.25, 0.3) is 5.91 Å². The first-order chi connectivity index (χ1) is 11.0. The highest BCUT2D eigenvalue weighted by Crippen LogP contribution is 2.28. The minimum Gasteiger partial charge on any atom is -0.328 e. The van der Waals surface area contributed by atoms with Gasteiger partial charge in [-0.25, -0.2) is 9.97 Å². The van der Waals surface area contributed by atoms with E-state index in [-0.39, 0.29) is 5.91 Å². The molecule has 3 aromatic rings. The van der Waals surface area contributed by atoms with Gasteiger partial charge in [-0.15, -0.1) is 0 Å². The summed E-state index contributed by atoms with van der Waals surface area (Å²) in [6.07, 6.45) is 1.58. The highest BCUT2D eigenvalue weighted by atomic mass is 16.1. The second-order valence-electron chi connectivity index (χ2n) is 5.60. The molecule has 0 saturated heterocycles. The molecule has 116 valence electrons. The Balaban J connectivity index is 1.97. The van der Waals surface area contributed by atoms with E-state index in [4.69, 9.17) is 0 Å². The number of carbonyl (C=O) groups is 1. The molecule has 5 heteroatoms. The molecule has 1 amide bonds. The number of anilines is 1. The molecule has 5 nitrogen and oxygen atoms in total. The molecule has 0 aliphatic heterocycles. The Labute approximate surface area is 134 Å². The number of benzene rings is 1. The van der Waals surface area contributed by atoms with Crippen LogP contribution in [0.5, 0.6) is 0 Å². The summed E-state index contributed by atoms with van der Waals surface area (Å²) in [5.41, 5.74) is 5.21. The first-order valence-corrected chi connectivity index (χ1v) is 7.31. The van der Waals surface area contributed by atoms with Crippen LogP contribution < -0.4 is 5.32 Å². The van der Waals surface area contributed by atoms with Gasteiger partial charge in [-0.3, -0.25) is 4.79 Å². The van der Waals surface area contributed by atoms with Gasteiger partial charge in [0.2, 0.25) is 0 Å². The number of rotatable bonds is 3. The molecule has 1 aromatic carbocycles. The van der Waals surface area contributed by atoms with Gasteiger partial charge in [0, 0.05) is 23.7 Å². The molecule has 23 heavy (non-hydrogen) atoms. The van der Waals surface area contributed by atoms with Gasteiger partial charge >= 0.3 is 0 Å². The van der Waals surface area contributed by atoms with Crippen LogP contribution in [-0.2, 0) is 11.8 Å². The number of nitrogens with zero attached hydrogens (tertiary/aromatic N) is 3. The summed E-state index contributed by atoms with van der Waals surface area (Å²) in [5.74, 6) is -0.173. The van der Waals surface area contributed by atoms with Crippen molar-refractivity contribution in [1.29, 1.82) is 0 Å². The quantitative estimate of drug-likeness (QED) is 0.754. The molecular formula is C18H18N4O. The van der Waals surface area contributed by atoms with Crippen LogP contribution in [0.1, 0.15) is 12.6 Å². The lowest BCUT2D eigenvalue weighted by molar-refractivity contribution is -0.112. The SMILES string of the molecule is C=C(C)C(=O)Nc1ccc(-c2cc3c(C)ncnc3n2C)cc1. The van der Waals surface area contributed by atoms with Crippen LogP contribution in [0.2, 0.25) is 0 Å². The number of hydrogen-bond donors (Lipinski definition) is 1. The molecule has 0 fully saturated rings. The highest BCUT2D eigenvalue weighted by molar-refractivity contribution is 6.02. The van der Waals surface area contributed by atoms with Crippen molar-refractivity contribution >= 4 is 22.6 Å². The number of fused-ring (bicyclic) bond motifs is 1. The molecule has 3 rings (SSSR count). The van der Waals surface area contributed by atoms with Crippen molar-refractivity contribution in [2.75, 3.05) is 5.32 Å². The standard InChI is InChI=1S/C18H18N4O/c1-11(2)18(23)21-14-7-5-13(6-8-14)16-9-15-12(3)19-10-20-17(15)22(16)4/h5-10H,1H2,2-4H3,(H,21,23). The molecule has 0 bridgehead atoms. The number of aromatic nitrogens is 3. The molecule has 0 saturated carbocycles. The van der Waals surface area contributed by atoms with Crippen LogP contribution in [0.15, 0.2) is 48.8 Å². The summed E-state index contributed by atoms with van der Waals surface area (Å²) in [4.78, 5) is 20.2. The van der Waals surface area contributed by atoms with E-state index in [0.29, 0.717) is 5.57 Å². The Morgan fingerprint density at radius 2 is 1.91 bits per heavy atom. The molecule has 0 unspecified atom stereocenters. The number of hydrogen-bond acceptors (Lipinski definition) is 3. The second-order valence-corrected chi connectivity index (χ2v) is 5.60. The zero-order valence-corrected chi connectivity index (χ0v) is 13.4. The van der Waals surface area contributed by atoms with E-state index < -0.39 is 0 Å². The van der Waals surface area contributed by atoms with Crippen molar-refractivity contribution in [2.24, 2.45) is 7.05 Å². The second kappa shape index (κ2) is 5.68. The lowest BCUT2D eigenvalue weighted by Gasteiger charge is -2.07. The van der Waals surface area contributed by atoms with Crippen LogP contribution in [0.25, 0.3) is 22.3 Å². The minimum atomic E-state index is -0.173. The normalized spacial score (nSPS) is 10.7. The number of aryl methyl sites for hydroxylation is 2. The van der Waals surface area contributed by atoms with Crippen molar-refractivity contribution in [1.82, 2.24) is 14.5 Å². The zero-order chi connectivity index (χ0) is 16.6. The van der Waals surface area contributed by atoms with Gasteiger partial charge in [0.05, 0.1) is 11.4 Å². The summed E-state index contributed by atoms with van der Waals surface area (Å²) in [7, 11) is 1.99. The number of nitrogens with one attached hydrogen (secondary N) is 1. The van der Waals surface area contributed by atoms with Crippen molar-refractivity contribution in [3.8, 4) is 11.3 Å². The topological polar surface area (TPSA) is 59.8 Å². The fraction of sp³-hybridized carbons (Fsp3) is 0.167. The van der Waals surface area contributed by atoms with Crippen LogP contribution in [0.3, 0.4) is 0 Å². The Hall–Kier alpha value is -2.95. The molecule has 0 atom stereocenters. The van der Waals surface area contributed by atoms with Crippen LogP contribution in [0, 0.1) is 6.92 Å².